The van der Waals surface area contributed by atoms with E-state index in [1.54, 1.807) is 7.05 Å². The molecular formula is C12H21N5O2. The predicted molar refractivity (Wildman–Crippen MR) is 72.8 cm³/mol. The minimum Gasteiger partial charge on any atom is -0.461 e. The Bertz CT molecular complexity index is 396. The lowest BCUT2D eigenvalue weighted by Crippen LogP contribution is -2.22. The van der Waals surface area contributed by atoms with E-state index in [4.69, 9.17) is 9.47 Å². The zero-order chi connectivity index (χ0) is 13.5. The smallest absolute Gasteiger partial charge is 0.323 e. The molecule has 1 aromatic rings. The van der Waals surface area contributed by atoms with E-state index in [0.29, 0.717) is 37.7 Å². The van der Waals surface area contributed by atoms with Crippen LogP contribution in [0.3, 0.4) is 0 Å². The monoisotopic (exact) mass is 267 g/mol. The largest absolute Gasteiger partial charge is 0.461 e. The number of aromatic nitrogens is 3. The van der Waals surface area contributed by atoms with Gasteiger partial charge in [-0.25, -0.2) is 0 Å². The van der Waals surface area contributed by atoms with Gasteiger partial charge in [-0.3, -0.25) is 0 Å². The zero-order valence-electron chi connectivity index (χ0n) is 11.6. The van der Waals surface area contributed by atoms with Crippen molar-refractivity contribution in [2.45, 2.75) is 19.8 Å². The van der Waals surface area contributed by atoms with Gasteiger partial charge in [0.05, 0.1) is 6.61 Å². The highest BCUT2D eigenvalue weighted by Gasteiger charge is 2.17. The first kappa shape index (κ1) is 13.8. The van der Waals surface area contributed by atoms with Crippen LogP contribution in [0.25, 0.3) is 0 Å². The van der Waals surface area contributed by atoms with Crippen molar-refractivity contribution in [3.05, 3.63) is 0 Å². The van der Waals surface area contributed by atoms with Crippen LogP contribution >= 0.6 is 0 Å². The molecular weight excluding hydrogens is 246 g/mol. The van der Waals surface area contributed by atoms with Crippen molar-refractivity contribution in [1.29, 1.82) is 0 Å². The summed E-state index contributed by atoms with van der Waals surface area (Å²) in [5, 5.41) is 2.93. The average molecular weight is 267 g/mol. The van der Waals surface area contributed by atoms with Gasteiger partial charge >= 0.3 is 6.01 Å². The lowest BCUT2D eigenvalue weighted by Gasteiger charge is -2.16. The maximum absolute atomic E-state index is 5.50. The molecule has 0 unspecified atom stereocenters. The summed E-state index contributed by atoms with van der Waals surface area (Å²) in [6.07, 6.45) is 2.36. The van der Waals surface area contributed by atoms with Gasteiger partial charge in [0.2, 0.25) is 11.9 Å². The van der Waals surface area contributed by atoms with E-state index in [0.717, 1.165) is 13.1 Å². The van der Waals surface area contributed by atoms with Gasteiger partial charge in [0.1, 0.15) is 6.61 Å². The minimum atomic E-state index is 0.348. The van der Waals surface area contributed by atoms with Crippen LogP contribution in [0.4, 0.5) is 11.9 Å². The summed E-state index contributed by atoms with van der Waals surface area (Å²) in [5.41, 5.74) is 0. The molecule has 0 saturated carbocycles. The van der Waals surface area contributed by atoms with Crippen LogP contribution in [-0.4, -0.2) is 54.9 Å². The molecule has 0 radical (unpaired) electrons. The second-order valence-electron chi connectivity index (χ2n) is 4.23. The van der Waals surface area contributed by atoms with Gasteiger partial charge in [-0.05, 0) is 19.8 Å². The topological polar surface area (TPSA) is 72.4 Å². The van der Waals surface area contributed by atoms with Crippen LogP contribution in [0.5, 0.6) is 6.01 Å². The normalized spacial score (nSPS) is 14.7. The highest BCUT2D eigenvalue weighted by Crippen LogP contribution is 2.19. The van der Waals surface area contributed by atoms with Crippen LogP contribution in [0, 0.1) is 0 Å². The highest BCUT2D eigenvalue weighted by molar-refractivity contribution is 5.38. The maximum atomic E-state index is 5.50. The fourth-order valence-electron chi connectivity index (χ4n) is 1.92. The molecule has 0 bridgehead atoms. The molecule has 7 heteroatoms. The van der Waals surface area contributed by atoms with Gasteiger partial charge in [-0.15, -0.1) is 0 Å². The number of hydrogen-bond donors (Lipinski definition) is 1. The Hall–Kier alpha value is -1.63. The first-order valence-electron chi connectivity index (χ1n) is 6.72. The molecule has 1 N–H and O–H groups in total. The lowest BCUT2D eigenvalue weighted by atomic mass is 10.4. The Kier molecular flexibility index (Phi) is 5.14. The summed E-state index contributed by atoms with van der Waals surface area (Å²) in [7, 11) is 1.78. The standard InChI is InChI=1S/C12H21N5O2/c1-3-18-8-9-19-12-15-10(13-2)14-11(16-12)17-6-4-5-7-17/h3-9H2,1-2H3,(H,13,14,15,16). The van der Waals surface area contributed by atoms with Crippen molar-refractivity contribution in [2.75, 3.05) is 50.2 Å². The number of hydrogen-bond acceptors (Lipinski definition) is 7. The van der Waals surface area contributed by atoms with E-state index in [1.807, 2.05) is 6.92 Å². The van der Waals surface area contributed by atoms with E-state index in [9.17, 15) is 0 Å². The quantitative estimate of drug-likeness (QED) is 0.737. The Balaban J connectivity index is 2.02. The average Bonchev–Trinajstić information content (AvgIpc) is 2.97. The predicted octanol–water partition coefficient (Wildman–Crippen LogP) is 0.929. The van der Waals surface area contributed by atoms with Crippen molar-refractivity contribution in [2.24, 2.45) is 0 Å². The van der Waals surface area contributed by atoms with Gasteiger partial charge in [0, 0.05) is 26.7 Å². The van der Waals surface area contributed by atoms with E-state index in [1.165, 1.54) is 12.8 Å². The first-order valence-corrected chi connectivity index (χ1v) is 6.72. The van der Waals surface area contributed by atoms with Gasteiger partial charge < -0.3 is 19.7 Å². The molecule has 1 fully saturated rings. The number of nitrogens with zero attached hydrogens (tertiary/aromatic N) is 4. The second kappa shape index (κ2) is 7.08. The highest BCUT2D eigenvalue weighted by atomic mass is 16.5. The van der Waals surface area contributed by atoms with Gasteiger partial charge in [-0.2, -0.15) is 15.0 Å². The molecule has 1 aliphatic rings. The summed E-state index contributed by atoms with van der Waals surface area (Å²) in [6.45, 7) is 5.60. The van der Waals surface area contributed by atoms with Crippen LogP contribution < -0.4 is 15.0 Å². The Morgan fingerprint density at radius 2 is 1.95 bits per heavy atom. The molecule has 1 saturated heterocycles. The molecule has 106 valence electrons. The molecule has 0 amide bonds. The summed E-state index contributed by atoms with van der Waals surface area (Å²) in [5.74, 6) is 1.21. The number of anilines is 2. The van der Waals surface area contributed by atoms with Gasteiger partial charge in [0.15, 0.2) is 0 Å². The van der Waals surface area contributed by atoms with Crippen LogP contribution in [0.15, 0.2) is 0 Å². The van der Waals surface area contributed by atoms with Gasteiger partial charge in [0.25, 0.3) is 0 Å². The Labute approximate surface area is 113 Å². The molecule has 0 aliphatic carbocycles. The van der Waals surface area contributed by atoms with E-state index in [2.05, 4.69) is 25.2 Å². The van der Waals surface area contributed by atoms with E-state index in [-0.39, 0.29) is 0 Å². The fraction of sp³-hybridized carbons (Fsp3) is 0.750. The zero-order valence-corrected chi connectivity index (χ0v) is 11.6. The second-order valence-corrected chi connectivity index (χ2v) is 4.23. The third kappa shape index (κ3) is 3.92. The van der Waals surface area contributed by atoms with Crippen LogP contribution in [0.1, 0.15) is 19.8 Å². The number of rotatable bonds is 7. The van der Waals surface area contributed by atoms with E-state index >= 15 is 0 Å². The van der Waals surface area contributed by atoms with Crippen molar-refractivity contribution in [1.82, 2.24) is 15.0 Å². The molecule has 1 aromatic heterocycles. The SMILES string of the molecule is CCOCCOc1nc(NC)nc(N2CCCC2)n1. The van der Waals surface area contributed by atoms with Gasteiger partial charge in [-0.1, -0.05) is 0 Å². The Morgan fingerprint density at radius 3 is 2.63 bits per heavy atom. The molecule has 2 heterocycles. The van der Waals surface area contributed by atoms with Crippen molar-refractivity contribution in [3.63, 3.8) is 0 Å². The molecule has 0 atom stereocenters. The minimum absolute atomic E-state index is 0.348. The molecule has 7 nitrogen and oxygen atoms in total. The van der Waals surface area contributed by atoms with Crippen LogP contribution in [0.2, 0.25) is 0 Å². The summed E-state index contributed by atoms with van der Waals surface area (Å²) >= 11 is 0. The number of ether oxygens (including phenoxy) is 2. The van der Waals surface area contributed by atoms with Crippen LogP contribution in [-0.2, 0) is 4.74 Å². The van der Waals surface area contributed by atoms with Crippen molar-refractivity contribution in [3.8, 4) is 6.01 Å². The fourth-order valence-corrected chi connectivity index (χ4v) is 1.92. The maximum Gasteiger partial charge on any atom is 0.323 e. The molecule has 1 aliphatic heterocycles. The third-order valence-electron chi connectivity index (χ3n) is 2.88. The number of nitrogens with one attached hydrogen (secondary N) is 1. The van der Waals surface area contributed by atoms with E-state index < -0.39 is 0 Å². The third-order valence-corrected chi connectivity index (χ3v) is 2.88. The summed E-state index contributed by atoms with van der Waals surface area (Å²) < 4.78 is 10.7. The molecule has 19 heavy (non-hydrogen) atoms. The lowest BCUT2D eigenvalue weighted by molar-refractivity contribution is 0.106. The first-order chi connectivity index (χ1) is 9.33. The molecule has 0 aromatic carbocycles. The van der Waals surface area contributed by atoms with Crippen molar-refractivity contribution < 1.29 is 9.47 Å². The van der Waals surface area contributed by atoms with Crippen molar-refractivity contribution >= 4 is 11.9 Å². The molecule has 2 rings (SSSR count). The summed E-state index contributed by atoms with van der Waals surface area (Å²) in [4.78, 5) is 15.0. The Morgan fingerprint density at radius 1 is 1.16 bits per heavy atom. The summed E-state index contributed by atoms with van der Waals surface area (Å²) in [6, 6.07) is 0.348. The molecule has 0 spiro atoms.